The molecule has 0 aromatic heterocycles. The first kappa shape index (κ1) is 13.5. The molecule has 0 aliphatic carbocycles. The number of halogens is 1. The van der Waals surface area contributed by atoms with Gasteiger partial charge in [0.15, 0.2) is 0 Å². The van der Waals surface area contributed by atoms with Gasteiger partial charge in [0.05, 0.1) is 0 Å². The van der Waals surface area contributed by atoms with E-state index in [1.165, 1.54) is 23.1 Å². The van der Waals surface area contributed by atoms with Crippen LogP contribution in [0, 0.1) is 5.82 Å². The number of carboxylic acids is 1. The molecule has 6 heteroatoms. The van der Waals surface area contributed by atoms with Crippen molar-refractivity contribution in [2.75, 3.05) is 13.1 Å². The predicted octanol–water partition coefficient (Wildman–Crippen LogP) is 0.713. The Bertz CT molecular complexity index is 506. The standard InChI is InChI=1S/C13H15FN2O3/c1-8-11(13(18)19)16(6-5-15-8)12(17)9-3-2-4-10(14)7-9/h2-4,7-8,11,15H,5-6H2,1H3,(H,18,19). The second kappa shape index (κ2) is 5.36. The van der Waals surface area contributed by atoms with Gasteiger partial charge in [0.25, 0.3) is 5.91 Å². The smallest absolute Gasteiger partial charge is 0.328 e. The maximum atomic E-state index is 13.1. The van der Waals surface area contributed by atoms with Crippen LogP contribution in [0.3, 0.4) is 0 Å². The van der Waals surface area contributed by atoms with Gasteiger partial charge in [0.1, 0.15) is 11.9 Å². The summed E-state index contributed by atoms with van der Waals surface area (Å²) in [6.07, 6.45) is 0. The molecule has 1 heterocycles. The Balaban J connectivity index is 2.28. The number of aliphatic carboxylic acids is 1. The number of piperazine rings is 1. The average Bonchev–Trinajstić information content (AvgIpc) is 2.37. The third-order valence-electron chi connectivity index (χ3n) is 3.21. The molecule has 1 amide bonds. The Labute approximate surface area is 110 Å². The van der Waals surface area contributed by atoms with Crippen LogP contribution in [0.25, 0.3) is 0 Å². The van der Waals surface area contributed by atoms with E-state index in [4.69, 9.17) is 0 Å². The highest BCUT2D eigenvalue weighted by atomic mass is 19.1. The summed E-state index contributed by atoms with van der Waals surface area (Å²) in [5, 5.41) is 12.2. The summed E-state index contributed by atoms with van der Waals surface area (Å²) in [6, 6.07) is 3.99. The summed E-state index contributed by atoms with van der Waals surface area (Å²) in [6.45, 7) is 2.52. The van der Waals surface area contributed by atoms with Crippen LogP contribution in [-0.2, 0) is 4.79 Å². The van der Waals surface area contributed by atoms with Gasteiger partial charge in [-0.15, -0.1) is 0 Å². The van der Waals surface area contributed by atoms with Gasteiger partial charge < -0.3 is 15.3 Å². The largest absolute Gasteiger partial charge is 0.480 e. The Morgan fingerprint density at radius 3 is 2.84 bits per heavy atom. The lowest BCUT2D eigenvalue weighted by Gasteiger charge is -2.38. The van der Waals surface area contributed by atoms with Crippen LogP contribution >= 0.6 is 0 Å². The van der Waals surface area contributed by atoms with Crippen LogP contribution in [-0.4, -0.2) is 47.1 Å². The fourth-order valence-corrected chi connectivity index (χ4v) is 2.30. The summed E-state index contributed by atoms with van der Waals surface area (Å²) in [5.74, 6) is -2.04. The van der Waals surface area contributed by atoms with Gasteiger partial charge in [0.2, 0.25) is 0 Å². The topological polar surface area (TPSA) is 69.6 Å². The van der Waals surface area contributed by atoms with E-state index in [9.17, 15) is 19.1 Å². The summed E-state index contributed by atoms with van der Waals surface area (Å²) >= 11 is 0. The normalized spacial score (nSPS) is 23.2. The van der Waals surface area contributed by atoms with Crippen LogP contribution in [0.2, 0.25) is 0 Å². The fraction of sp³-hybridized carbons (Fsp3) is 0.385. The van der Waals surface area contributed by atoms with E-state index >= 15 is 0 Å². The van der Waals surface area contributed by atoms with E-state index < -0.39 is 23.7 Å². The van der Waals surface area contributed by atoms with Crippen LogP contribution in [0.5, 0.6) is 0 Å². The number of carbonyl (C=O) groups is 2. The van der Waals surface area contributed by atoms with Gasteiger partial charge in [-0.05, 0) is 25.1 Å². The van der Waals surface area contributed by atoms with Gasteiger partial charge in [-0.1, -0.05) is 6.07 Å². The molecule has 0 bridgehead atoms. The summed E-state index contributed by atoms with van der Waals surface area (Å²) in [7, 11) is 0. The molecule has 1 aliphatic heterocycles. The lowest BCUT2D eigenvalue weighted by atomic mass is 10.0. The Morgan fingerprint density at radius 1 is 1.47 bits per heavy atom. The zero-order chi connectivity index (χ0) is 14.0. The third-order valence-corrected chi connectivity index (χ3v) is 3.21. The maximum absolute atomic E-state index is 13.1. The molecule has 1 fully saturated rings. The lowest BCUT2D eigenvalue weighted by molar-refractivity contribution is -0.144. The molecule has 2 unspecified atom stereocenters. The lowest BCUT2D eigenvalue weighted by Crippen LogP contribution is -2.61. The summed E-state index contributed by atoms with van der Waals surface area (Å²) in [5.41, 5.74) is 0.167. The molecule has 1 aliphatic rings. The highest BCUT2D eigenvalue weighted by Crippen LogP contribution is 2.15. The van der Waals surface area contributed by atoms with Crippen molar-refractivity contribution in [2.45, 2.75) is 19.0 Å². The molecule has 19 heavy (non-hydrogen) atoms. The third kappa shape index (κ3) is 2.73. The molecule has 0 saturated carbocycles. The minimum Gasteiger partial charge on any atom is -0.480 e. The van der Waals surface area contributed by atoms with E-state index in [1.54, 1.807) is 6.92 Å². The minimum atomic E-state index is -1.07. The Hall–Kier alpha value is -1.95. The van der Waals surface area contributed by atoms with Crippen LogP contribution in [0.1, 0.15) is 17.3 Å². The first-order valence-corrected chi connectivity index (χ1v) is 6.03. The fourth-order valence-electron chi connectivity index (χ4n) is 2.30. The molecule has 0 radical (unpaired) electrons. The van der Waals surface area contributed by atoms with E-state index in [0.717, 1.165) is 6.07 Å². The van der Waals surface area contributed by atoms with E-state index in [1.807, 2.05) is 0 Å². The van der Waals surface area contributed by atoms with Crippen molar-refractivity contribution in [1.82, 2.24) is 10.2 Å². The zero-order valence-electron chi connectivity index (χ0n) is 10.5. The summed E-state index contributed by atoms with van der Waals surface area (Å²) in [4.78, 5) is 24.8. The first-order valence-electron chi connectivity index (χ1n) is 6.03. The Morgan fingerprint density at radius 2 is 2.21 bits per heavy atom. The number of hydrogen-bond acceptors (Lipinski definition) is 3. The number of carboxylic acid groups (broad SMARTS) is 1. The number of rotatable bonds is 2. The van der Waals surface area contributed by atoms with Gasteiger partial charge in [-0.3, -0.25) is 4.79 Å². The quantitative estimate of drug-likeness (QED) is 0.827. The van der Waals surface area contributed by atoms with Crippen molar-refractivity contribution >= 4 is 11.9 Å². The second-order valence-electron chi connectivity index (χ2n) is 4.53. The monoisotopic (exact) mass is 266 g/mol. The van der Waals surface area contributed by atoms with Gasteiger partial charge in [-0.2, -0.15) is 0 Å². The molecule has 1 saturated heterocycles. The van der Waals surface area contributed by atoms with Crippen molar-refractivity contribution < 1.29 is 19.1 Å². The van der Waals surface area contributed by atoms with Crippen LogP contribution in [0.15, 0.2) is 24.3 Å². The second-order valence-corrected chi connectivity index (χ2v) is 4.53. The number of carbonyl (C=O) groups excluding carboxylic acids is 1. The molecule has 2 atom stereocenters. The number of nitrogens with zero attached hydrogens (tertiary/aromatic N) is 1. The van der Waals surface area contributed by atoms with E-state index in [0.29, 0.717) is 6.54 Å². The highest BCUT2D eigenvalue weighted by Gasteiger charge is 2.37. The van der Waals surface area contributed by atoms with Crippen molar-refractivity contribution in [1.29, 1.82) is 0 Å². The van der Waals surface area contributed by atoms with Gasteiger partial charge in [-0.25, -0.2) is 9.18 Å². The molecule has 102 valence electrons. The molecule has 2 rings (SSSR count). The van der Waals surface area contributed by atoms with Crippen molar-refractivity contribution in [3.05, 3.63) is 35.6 Å². The highest BCUT2D eigenvalue weighted by molar-refractivity contribution is 5.97. The number of benzene rings is 1. The first-order chi connectivity index (χ1) is 9.00. The van der Waals surface area contributed by atoms with Crippen LogP contribution < -0.4 is 5.32 Å². The van der Waals surface area contributed by atoms with Crippen molar-refractivity contribution in [3.63, 3.8) is 0 Å². The van der Waals surface area contributed by atoms with E-state index in [2.05, 4.69) is 5.32 Å². The van der Waals surface area contributed by atoms with Gasteiger partial charge >= 0.3 is 5.97 Å². The average molecular weight is 266 g/mol. The van der Waals surface area contributed by atoms with Gasteiger partial charge in [0, 0.05) is 24.7 Å². The number of hydrogen-bond donors (Lipinski definition) is 2. The number of amides is 1. The maximum Gasteiger partial charge on any atom is 0.328 e. The van der Waals surface area contributed by atoms with E-state index in [-0.39, 0.29) is 18.2 Å². The molecule has 2 N–H and O–H groups in total. The minimum absolute atomic E-state index is 0.167. The summed E-state index contributed by atoms with van der Waals surface area (Å²) < 4.78 is 13.1. The molecular formula is C13H15FN2O3. The molecule has 5 nitrogen and oxygen atoms in total. The molecule has 0 spiro atoms. The zero-order valence-corrected chi connectivity index (χ0v) is 10.5. The van der Waals surface area contributed by atoms with Crippen molar-refractivity contribution in [2.24, 2.45) is 0 Å². The number of nitrogens with one attached hydrogen (secondary N) is 1. The van der Waals surface area contributed by atoms with Crippen molar-refractivity contribution in [3.8, 4) is 0 Å². The molecule has 1 aromatic rings. The molecular weight excluding hydrogens is 251 g/mol. The molecule has 1 aromatic carbocycles. The van der Waals surface area contributed by atoms with Crippen LogP contribution in [0.4, 0.5) is 4.39 Å². The Kier molecular flexibility index (Phi) is 3.80. The predicted molar refractivity (Wildman–Crippen MR) is 66.3 cm³/mol. The SMILES string of the molecule is CC1NCCN(C(=O)c2cccc(F)c2)C1C(=O)O.